The summed E-state index contributed by atoms with van der Waals surface area (Å²) in [5.41, 5.74) is 0.684. The minimum atomic E-state index is -3.33. The maximum Gasteiger partial charge on any atom is 0.309 e. The average Bonchev–Trinajstić information content (AvgIpc) is 3.39. The molecule has 0 radical (unpaired) electrons. The van der Waals surface area contributed by atoms with Crippen molar-refractivity contribution in [2.24, 2.45) is 0 Å². The van der Waals surface area contributed by atoms with E-state index in [-0.39, 0.29) is 37.8 Å². The van der Waals surface area contributed by atoms with Crippen LogP contribution in [0.3, 0.4) is 0 Å². The van der Waals surface area contributed by atoms with E-state index < -0.39 is 27.8 Å². The quantitative estimate of drug-likeness (QED) is 0.478. The minimum absolute atomic E-state index is 0.169. The van der Waals surface area contributed by atoms with Crippen LogP contribution in [-0.4, -0.2) is 54.8 Å². The fraction of sp³-hybridized carbons (Fsp3) is 0.450. The number of sulfone groups is 1. The number of carbonyl (C=O) groups excluding carboxylic acids is 1. The van der Waals surface area contributed by atoms with Gasteiger partial charge in [0.25, 0.3) is 5.91 Å². The van der Waals surface area contributed by atoms with E-state index in [1.807, 2.05) is 0 Å². The molecule has 2 heterocycles. The zero-order chi connectivity index (χ0) is 22.9. The second kappa shape index (κ2) is 9.44. The summed E-state index contributed by atoms with van der Waals surface area (Å²) in [6.07, 6.45) is 0.561. The van der Waals surface area contributed by atoms with Crippen LogP contribution in [0, 0.1) is 0 Å². The molecule has 1 aromatic heterocycles. The summed E-state index contributed by atoms with van der Waals surface area (Å²) in [4.78, 5) is 28.3. The van der Waals surface area contributed by atoms with Crippen LogP contribution in [0.5, 0.6) is 0 Å². The van der Waals surface area contributed by atoms with Crippen molar-refractivity contribution in [1.29, 1.82) is 0 Å². The number of rotatable bonds is 9. The summed E-state index contributed by atoms with van der Waals surface area (Å²) >= 11 is 7.01. The standard InChI is InChI=1S/C20H22ClN3O6S2/c21-18-15(9-16(25)26)23-20(31-18)24-19(27)17(30-12-7-8-22-10-12)11-1-3-13(4-2-11)32(28,29)14-5-6-14/h1-4,12,14,17,22H,5-10H2,(H,25,26)(H,23,24,27). The van der Waals surface area contributed by atoms with Crippen LogP contribution in [0.2, 0.25) is 4.34 Å². The lowest BCUT2D eigenvalue weighted by Crippen LogP contribution is -2.28. The number of carbonyl (C=O) groups is 2. The molecular weight excluding hydrogens is 478 g/mol. The zero-order valence-electron chi connectivity index (χ0n) is 16.9. The molecule has 2 aromatic rings. The van der Waals surface area contributed by atoms with E-state index in [1.54, 1.807) is 12.1 Å². The molecular formula is C20H22ClN3O6S2. The molecule has 172 valence electrons. The molecule has 1 amide bonds. The number of aliphatic carboxylic acids is 1. The molecule has 4 rings (SSSR count). The molecule has 2 unspecified atom stereocenters. The molecule has 2 fully saturated rings. The third kappa shape index (κ3) is 5.29. The van der Waals surface area contributed by atoms with Gasteiger partial charge in [-0.05, 0) is 43.5 Å². The van der Waals surface area contributed by atoms with Crippen LogP contribution < -0.4 is 10.6 Å². The lowest BCUT2D eigenvalue weighted by molar-refractivity contribution is -0.136. The number of halogens is 1. The Morgan fingerprint density at radius 2 is 2.00 bits per heavy atom. The van der Waals surface area contributed by atoms with E-state index in [0.717, 1.165) is 24.3 Å². The first-order valence-corrected chi connectivity index (χ1v) is 12.9. The van der Waals surface area contributed by atoms with E-state index in [2.05, 4.69) is 15.6 Å². The van der Waals surface area contributed by atoms with Gasteiger partial charge in [0.05, 0.1) is 28.4 Å². The van der Waals surface area contributed by atoms with Crippen molar-refractivity contribution in [3.8, 4) is 0 Å². The van der Waals surface area contributed by atoms with E-state index in [1.165, 1.54) is 12.1 Å². The summed E-state index contributed by atoms with van der Waals surface area (Å²) in [7, 11) is -3.33. The molecule has 1 saturated carbocycles. The van der Waals surface area contributed by atoms with Crippen molar-refractivity contribution < 1.29 is 27.9 Å². The van der Waals surface area contributed by atoms with Crippen molar-refractivity contribution in [3.63, 3.8) is 0 Å². The summed E-state index contributed by atoms with van der Waals surface area (Å²) in [5, 5.41) is 14.6. The average molecular weight is 500 g/mol. The number of aromatic nitrogens is 1. The third-order valence-corrected chi connectivity index (χ3v) is 8.78. The highest BCUT2D eigenvalue weighted by atomic mass is 35.5. The number of hydrogen-bond donors (Lipinski definition) is 3. The normalized spacial score (nSPS) is 19.6. The van der Waals surface area contributed by atoms with Gasteiger partial charge in [0.15, 0.2) is 21.1 Å². The van der Waals surface area contributed by atoms with Gasteiger partial charge in [0.1, 0.15) is 4.34 Å². The first-order chi connectivity index (χ1) is 15.2. The topological polar surface area (TPSA) is 135 Å². The molecule has 1 aromatic carbocycles. The molecule has 2 atom stereocenters. The number of anilines is 1. The SMILES string of the molecule is O=C(O)Cc1nc(NC(=O)C(OC2CCNC2)c2ccc(S(=O)(=O)C3CC3)cc2)sc1Cl. The first-order valence-electron chi connectivity index (χ1n) is 10.1. The fourth-order valence-electron chi connectivity index (χ4n) is 3.44. The van der Waals surface area contributed by atoms with Crippen LogP contribution >= 0.6 is 22.9 Å². The minimum Gasteiger partial charge on any atom is -0.481 e. The second-order valence-corrected chi connectivity index (χ2v) is 11.6. The van der Waals surface area contributed by atoms with Crippen LogP contribution in [0.1, 0.15) is 36.6 Å². The number of ether oxygens (including phenoxy) is 1. The van der Waals surface area contributed by atoms with Crippen molar-refractivity contribution in [2.45, 2.75) is 48.0 Å². The summed E-state index contributed by atoms with van der Waals surface area (Å²) in [6.45, 7) is 1.38. The van der Waals surface area contributed by atoms with Gasteiger partial charge < -0.3 is 15.2 Å². The van der Waals surface area contributed by atoms with Crippen molar-refractivity contribution >= 4 is 49.8 Å². The van der Waals surface area contributed by atoms with Gasteiger partial charge >= 0.3 is 5.97 Å². The lowest BCUT2D eigenvalue weighted by Gasteiger charge is -2.21. The highest BCUT2D eigenvalue weighted by molar-refractivity contribution is 7.92. The van der Waals surface area contributed by atoms with Crippen molar-refractivity contribution in [3.05, 3.63) is 39.9 Å². The Morgan fingerprint density at radius 3 is 2.59 bits per heavy atom. The Balaban J connectivity index is 1.54. The molecule has 1 aliphatic carbocycles. The zero-order valence-corrected chi connectivity index (χ0v) is 19.3. The van der Waals surface area contributed by atoms with Gasteiger partial charge in [-0.1, -0.05) is 35.1 Å². The first kappa shape index (κ1) is 23.1. The van der Waals surface area contributed by atoms with Crippen molar-refractivity contribution in [2.75, 3.05) is 18.4 Å². The highest BCUT2D eigenvalue weighted by Crippen LogP contribution is 2.34. The van der Waals surface area contributed by atoms with E-state index in [0.29, 0.717) is 24.9 Å². The van der Waals surface area contributed by atoms with E-state index >= 15 is 0 Å². The largest absolute Gasteiger partial charge is 0.481 e. The van der Waals surface area contributed by atoms with Gasteiger partial charge in [-0.2, -0.15) is 0 Å². The van der Waals surface area contributed by atoms with Gasteiger partial charge in [0.2, 0.25) is 0 Å². The van der Waals surface area contributed by atoms with Crippen molar-refractivity contribution in [1.82, 2.24) is 10.3 Å². The Hall–Kier alpha value is -2.05. The summed E-state index contributed by atoms with van der Waals surface area (Å²) in [6, 6.07) is 6.19. The highest BCUT2D eigenvalue weighted by Gasteiger charge is 2.37. The number of hydrogen-bond acceptors (Lipinski definition) is 8. The Morgan fingerprint density at radius 1 is 1.28 bits per heavy atom. The van der Waals surface area contributed by atoms with Crippen LogP contribution in [-0.2, 0) is 30.6 Å². The van der Waals surface area contributed by atoms with Crippen LogP contribution in [0.4, 0.5) is 5.13 Å². The van der Waals surface area contributed by atoms with E-state index in [4.69, 9.17) is 21.4 Å². The van der Waals surface area contributed by atoms with Gasteiger partial charge in [-0.25, -0.2) is 13.4 Å². The number of benzene rings is 1. The van der Waals surface area contributed by atoms with Gasteiger partial charge in [-0.15, -0.1) is 0 Å². The van der Waals surface area contributed by atoms with Gasteiger partial charge in [0, 0.05) is 6.54 Å². The molecule has 1 aliphatic heterocycles. The molecule has 3 N–H and O–H groups in total. The monoisotopic (exact) mass is 499 g/mol. The lowest BCUT2D eigenvalue weighted by atomic mass is 10.1. The van der Waals surface area contributed by atoms with Crippen LogP contribution in [0.15, 0.2) is 29.2 Å². The Bertz CT molecular complexity index is 1110. The Kier molecular flexibility index (Phi) is 6.82. The maximum absolute atomic E-state index is 13.1. The molecule has 0 bridgehead atoms. The van der Waals surface area contributed by atoms with Crippen LogP contribution in [0.25, 0.3) is 0 Å². The molecule has 0 spiro atoms. The maximum atomic E-state index is 13.1. The molecule has 1 saturated heterocycles. The smallest absolute Gasteiger partial charge is 0.309 e. The predicted octanol–water partition coefficient (Wildman–Crippen LogP) is 2.42. The number of amides is 1. The van der Waals surface area contributed by atoms with E-state index in [9.17, 15) is 18.0 Å². The number of carboxylic acids is 1. The third-order valence-electron chi connectivity index (χ3n) is 5.25. The summed E-state index contributed by atoms with van der Waals surface area (Å²) in [5.74, 6) is -1.58. The summed E-state index contributed by atoms with van der Waals surface area (Å²) < 4.78 is 31.2. The second-order valence-electron chi connectivity index (χ2n) is 7.74. The molecule has 32 heavy (non-hydrogen) atoms. The predicted molar refractivity (Wildman–Crippen MR) is 119 cm³/mol. The number of nitrogens with zero attached hydrogens (tertiary/aromatic N) is 1. The molecule has 9 nitrogen and oxygen atoms in total. The van der Waals surface area contributed by atoms with Gasteiger partial charge in [-0.3, -0.25) is 14.9 Å². The molecule has 12 heteroatoms. The molecule has 2 aliphatic rings. The number of nitrogens with one attached hydrogen (secondary N) is 2. The number of thiazole rings is 1. The Labute approximate surface area is 194 Å². The number of carboxylic acid groups (broad SMARTS) is 1. The fourth-order valence-corrected chi connectivity index (χ4v) is 6.14.